The highest BCUT2D eigenvalue weighted by Crippen LogP contribution is 2.26. The van der Waals surface area contributed by atoms with Gasteiger partial charge in [-0.3, -0.25) is 4.79 Å². The third kappa shape index (κ3) is 4.64. The maximum absolute atomic E-state index is 11.5. The molecule has 2 heteroatoms. The second kappa shape index (κ2) is 4.81. The molecule has 0 saturated heterocycles. The van der Waals surface area contributed by atoms with Crippen molar-refractivity contribution in [3.63, 3.8) is 0 Å². The van der Waals surface area contributed by atoms with E-state index in [4.69, 9.17) is 4.74 Å². The minimum Gasteiger partial charge on any atom is -0.460 e. The highest BCUT2D eigenvalue weighted by molar-refractivity contribution is 5.70. The van der Waals surface area contributed by atoms with E-state index >= 15 is 0 Å². The lowest BCUT2D eigenvalue weighted by molar-refractivity contribution is -0.156. The lowest BCUT2D eigenvalue weighted by Gasteiger charge is -2.24. The summed E-state index contributed by atoms with van der Waals surface area (Å²) in [4.78, 5) is 11.5. The van der Waals surface area contributed by atoms with Gasteiger partial charge in [0.05, 0.1) is 0 Å². The predicted octanol–water partition coefficient (Wildman–Crippen LogP) is 3.11. The summed E-state index contributed by atoms with van der Waals surface area (Å²) in [5, 5.41) is 0. The SMILES string of the molecule is CC(C)(C)OC(=O)C[C@@H]1C[CH]CCC1. The van der Waals surface area contributed by atoms with Gasteiger partial charge in [-0.1, -0.05) is 12.8 Å². The van der Waals surface area contributed by atoms with Crippen LogP contribution in [0.15, 0.2) is 0 Å². The van der Waals surface area contributed by atoms with Crippen molar-refractivity contribution in [2.75, 3.05) is 0 Å². The molecule has 0 bridgehead atoms. The van der Waals surface area contributed by atoms with Crippen molar-refractivity contribution in [2.24, 2.45) is 5.92 Å². The molecule has 0 aliphatic heterocycles. The normalized spacial score (nSPS) is 19.4. The van der Waals surface area contributed by atoms with E-state index in [1.165, 1.54) is 19.3 Å². The van der Waals surface area contributed by atoms with Gasteiger partial charge >= 0.3 is 5.97 Å². The maximum Gasteiger partial charge on any atom is 0.306 e. The average Bonchev–Trinajstić information content (AvgIpc) is 2.02. The van der Waals surface area contributed by atoms with E-state index in [0.717, 1.165) is 6.42 Å². The second-order valence-corrected chi connectivity index (χ2v) is 5.11. The van der Waals surface area contributed by atoms with Gasteiger partial charge in [0, 0.05) is 6.42 Å². The number of carbonyl (C=O) groups excluding carboxylic acids is 1. The highest BCUT2D eigenvalue weighted by atomic mass is 16.6. The summed E-state index contributed by atoms with van der Waals surface area (Å²) in [7, 11) is 0. The van der Waals surface area contributed by atoms with Crippen molar-refractivity contribution >= 4 is 5.97 Å². The molecule has 81 valence electrons. The zero-order valence-electron chi connectivity index (χ0n) is 9.51. The van der Waals surface area contributed by atoms with Crippen molar-refractivity contribution in [3.05, 3.63) is 6.42 Å². The Balaban J connectivity index is 2.25. The van der Waals surface area contributed by atoms with Crippen LogP contribution in [0.1, 0.15) is 52.9 Å². The van der Waals surface area contributed by atoms with E-state index in [2.05, 4.69) is 6.42 Å². The molecule has 0 aromatic heterocycles. The van der Waals surface area contributed by atoms with Crippen molar-refractivity contribution in [1.82, 2.24) is 0 Å². The van der Waals surface area contributed by atoms with Crippen molar-refractivity contribution in [3.8, 4) is 0 Å². The number of esters is 1. The lowest BCUT2D eigenvalue weighted by atomic mass is 9.87. The van der Waals surface area contributed by atoms with Crippen molar-refractivity contribution in [1.29, 1.82) is 0 Å². The van der Waals surface area contributed by atoms with E-state index in [1.54, 1.807) is 0 Å². The topological polar surface area (TPSA) is 26.3 Å². The Morgan fingerprint density at radius 3 is 2.71 bits per heavy atom. The van der Waals surface area contributed by atoms with Gasteiger partial charge in [-0.15, -0.1) is 0 Å². The van der Waals surface area contributed by atoms with Gasteiger partial charge in [-0.25, -0.2) is 0 Å². The summed E-state index contributed by atoms with van der Waals surface area (Å²) in [6.07, 6.45) is 7.58. The molecule has 1 rings (SSSR count). The van der Waals surface area contributed by atoms with E-state index in [1.807, 2.05) is 20.8 Å². The number of hydrogen-bond acceptors (Lipinski definition) is 2. The molecule has 0 N–H and O–H groups in total. The average molecular weight is 197 g/mol. The molecule has 1 atom stereocenters. The minimum atomic E-state index is -0.338. The molecule has 0 amide bonds. The number of rotatable bonds is 2. The molecule has 1 aliphatic carbocycles. The molecule has 1 radical (unpaired) electrons. The molecule has 0 unspecified atom stereocenters. The molecule has 0 spiro atoms. The van der Waals surface area contributed by atoms with Crippen LogP contribution >= 0.6 is 0 Å². The Morgan fingerprint density at radius 1 is 1.50 bits per heavy atom. The summed E-state index contributed by atoms with van der Waals surface area (Å²) >= 11 is 0. The van der Waals surface area contributed by atoms with Crippen LogP contribution < -0.4 is 0 Å². The maximum atomic E-state index is 11.5. The van der Waals surface area contributed by atoms with Crippen molar-refractivity contribution in [2.45, 2.75) is 58.5 Å². The molecule has 1 saturated carbocycles. The van der Waals surface area contributed by atoms with Crippen molar-refractivity contribution < 1.29 is 9.53 Å². The fourth-order valence-corrected chi connectivity index (χ4v) is 1.83. The molecule has 0 aromatic carbocycles. The monoisotopic (exact) mass is 197 g/mol. The summed E-state index contributed by atoms with van der Waals surface area (Å²) < 4.78 is 5.29. The first kappa shape index (κ1) is 11.5. The van der Waals surface area contributed by atoms with Crippen LogP contribution in [0.5, 0.6) is 0 Å². The zero-order chi connectivity index (χ0) is 10.6. The minimum absolute atomic E-state index is 0.0437. The first-order chi connectivity index (χ1) is 6.47. The Kier molecular flexibility index (Phi) is 3.97. The molecule has 1 fully saturated rings. The first-order valence-electron chi connectivity index (χ1n) is 5.51. The van der Waals surface area contributed by atoms with Gasteiger partial charge in [0.15, 0.2) is 0 Å². The summed E-state index contributed by atoms with van der Waals surface area (Å²) in [5.41, 5.74) is -0.338. The van der Waals surface area contributed by atoms with Crippen LogP contribution in [0, 0.1) is 12.3 Å². The molecule has 14 heavy (non-hydrogen) atoms. The molecule has 0 heterocycles. The van der Waals surface area contributed by atoms with Crippen LogP contribution in [0.3, 0.4) is 0 Å². The molecule has 1 aliphatic rings. The second-order valence-electron chi connectivity index (χ2n) is 5.11. The standard InChI is InChI=1S/C12H21O2/c1-12(2,3)14-11(13)9-10-7-5-4-6-8-10/h5,10H,4,6-9H2,1-3H3/t10-/m1/s1. The Bertz CT molecular complexity index is 185. The molecule has 2 nitrogen and oxygen atoms in total. The van der Waals surface area contributed by atoms with E-state index in [-0.39, 0.29) is 11.6 Å². The van der Waals surface area contributed by atoms with Gasteiger partial charge in [0.1, 0.15) is 5.60 Å². The van der Waals surface area contributed by atoms with Crippen LogP contribution in [-0.2, 0) is 9.53 Å². The number of carbonyl (C=O) groups is 1. The van der Waals surface area contributed by atoms with Crippen LogP contribution in [-0.4, -0.2) is 11.6 Å². The first-order valence-corrected chi connectivity index (χ1v) is 5.51. The third-order valence-corrected chi connectivity index (χ3v) is 2.40. The molecular formula is C12H21O2. The predicted molar refractivity (Wildman–Crippen MR) is 56.7 cm³/mol. The van der Waals surface area contributed by atoms with E-state index in [9.17, 15) is 4.79 Å². The van der Waals surface area contributed by atoms with Crippen LogP contribution in [0.25, 0.3) is 0 Å². The van der Waals surface area contributed by atoms with Gasteiger partial charge < -0.3 is 4.74 Å². The van der Waals surface area contributed by atoms with Gasteiger partial charge in [0.2, 0.25) is 0 Å². The fraction of sp³-hybridized carbons (Fsp3) is 0.833. The quantitative estimate of drug-likeness (QED) is 0.636. The van der Waals surface area contributed by atoms with Crippen LogP contribution in [0.2, 0.25) is 0 Å². The molecule has 0 aromatic rings. The summed E-state index contributed by atoms with van der Waals surface area (Å²) in [6.45, 7) is 5.74. The number of ether oxygens (including phenoxy) is 1. The number of hydrogen-bond donors (Lipinski definition) is 0. The fourth-order valence-electron chi connectivity index (χ4n) is 1.83. The lowest BCUT2D eigenvalue weighted by Crippen LogP contribution is -2.25. The molecular weight excluding hydrogens is 176 g/mol. The highest BCUT2D eigenvalue weighted by Gasteiger charge is 2.21. The zero-order valence-corrected chi connectivity index (χ0v) is 9.51. The van der Waals surface area contributed by atoms with Crippen LogP contribution in [0.4, 0.5) is 0 Å². The Hall–Kier alpha value is -0.530. The van der Waals surface area contributed by atoms with E-state index in [0.29, 0.717) is 12.3 Å². The van der Waals surface area contributed by atoms with E-state index < -0.39 is 0 Å². The summed E-state index contributed by atoms with van der Waals surface area (Å²) in [5.74, 6) is 0.483. The smallest absolute Gasteiger partial charge is 0.306 e. The van der Waals surface area contributed by atoms with Gasteiger partial charge in [0.25, 0.3) is 0 Å². The third-order valence-electron chi connectivity index (χ3n) is 2.40. The largest absolute Gasteiger partial charge is 0.460 e. The van der Waals surface area contributed by atoms with Gasteiger partial charge in [-0.2, -0.15) is 0 Å². The Morgan fingerprint density at radius 2 is 2.21 bits per heavy atom. The summed E-state index contributed by atoms with van der Waals surface area (Å²) in [6, 6.07) is 0. The van der Waals surface area contributed by atoms with Gasteiger partial charge in [-0.05, 0) is 46.0 Å². The Labute approximate surface area is 87.0 Å².